The van der Waals surface area contributed by atoms with Gasteiger partial charge in [0, 0.05) is 0 Å². The van der Waals surface area contributed by atoms with Crippen LogP contribution in [0.2, 0.25) is 4.34 Å². The van der Waals surface area contributed by atoms with E-state index in [1.165, 1.54) is 24.3 Å². The zero-order valence-corrected chi connectivity index (χ0v) is 13.9. The minimum absolute atomic E-state index is 0.0417. The van der Waals surface area contributed by atoms with Crippen molar-refractivity contribution in [3.05, 3.63) is 46.3 Å². The van der Waals surface area contributed by atoms with Gasteiger partial charge in [0.25, 0.3) is 20.0 Å². The first-order valence-electron chi connectivity index (χ1n) is 5.56. The summed E-state index contributed by atoms with van der Waals surface area (Å²) in [5.74, 6) is 0. The van der Waals surface area contributed by atoms with Crippen molar-refractivity contribution < 1.29 is 16.8 Å². The van der Waals surface area contributed by atoms with Gasteiger partial charge in [0.15, 0.2) is 0 Å². The highest BCUT2D eigenvalue weighted by atomic mass is 35.5. The summed E-state index contributed by atoms with van der Waals surface area (Å²) in [4.78, 5) is 3.63. The zero-order valence-electron chi connectivity index (χ0n) is 10.7. The van der Waals surface area contributed by atoms with E-state index in [1.807, 2.05) is 16.6 Å². The fourth-order valence-electron chi connectivity index (χ4n) is 1.38. The fraction of sp³-hybridized carbons (Fsp3) is 0.0909. The first-order chi connectivity index (χ1) is 9.71. The molecule has 0 aliphatic carbocycles. The van der Waals surface area contributed by atoms with Gasteiger partial charge in [-0.1, -0.05) is 29.3 Å². The van der Waals surface area contributed by atoms with Crippen LogP contribution in [0, 0.1) is 6.92 Å². The molecule has 0 saturated carbocycles. The molecule has 2 rings (SSSR count). The largest absolute Gasteiger partial charge is 0.263 e. The number of sulfonamides is 2. The molecular formula is C11H11ClN2O4S3. The molecular weight excluding hydrogens is 356 g/mol. The van der Waals surface area contributed by atoms with Crippen molar-refractivity contribution in [2.24, 2.45) is 0 Å². The van der Waals surface area contributed by atoms with Crippen molar-refractivity contribution in [2.75, 3.05) is 0 Å². The number of thiophene rings is 1. The summed E-state index contributed by atoms with van der Waals surface area (Å²) in [6, 6.07) is 8.69. The third kappa shape index (κ3) is 4.02. The Morgan fingerprint density at radius 2 is 1.48 bits per heavy atom. The second kappa shape index (κ2) is 6.03. The highest BCUT2D eigenvalue weighted by Crippen LogP contribution is 2.25. The Morgan fingerprint density at radius 1 is 0.905 bits per heavy atom. The Hall–Kier alpha value is -0.970. The molecule has 1 aromatic carbocycles. The Balaban J connectivity index is 2.17. The zero-order chi connectivity index (χ0) is 15.7. The molecule has 114 valence electrons. The lowest BCUT2D eigenvalue weighted by molar-refractivity contribution is 0.559. The quantitative estimate of drug-likeness (QED) is 0.790. The molecule has 6 nitrogen and oxygen atoms in total. The van der Waals surface area contributed by atoms with E-state index in [4.69, 9.17) is 11.6 Å². The first-order valence-corrected chi connectivity index (χ1v) is 9.72. The normalized spacial score (nSPS) is 12.5. The average Bonchev–Trinajstić information content (AvgIpc) is 2.85. The first kappa shape index (κ1) is 16.4. The topological polar surface area (TPSA) is 92.3 Å². The van der Waals surface area contributed by atoms with Crippen LogP contribution in [0.1, 0.15) is 5.56 Å². The number of rotatable bonds is 5. The van der Waals surface area contributed by atoms with Crippen LogP contribution in [0.3, 0.4) is 0 Å². The minimum atomic E-state index is -4.00. The maximum Gasteiger partial charge on any atom is 0.263 e. The van der Waals surface area contributed by atoms with Gasteiger partial charge in [0.1, 0.15) is 4.21 Å². The van der Waals surface area contributed by atoms with Gasteiger partial charge in [-0.15, -0.1) is 21.0 Å². The van der Waals surface area contributed by atoms with E-state index in [9.17, 15) is 16.8 Å². The molecule has 0 radical (unpaired) electrons. The van der Waals surface area contributed by atoms with Crippen LogP contribution in [0.4, 0.5) is 0 Å². The van der Waals surface area contributed by atoms with Crippen molar-refractivity contribution >= 4 is 43.0 Å². The molecule has 10 heteroatoms. The summed E-state index contributed by atoms with van der Waals surface area (Å²) in [6.45, 7) is 1.81. The van der Waals surface area contributed by atoms with Gasteiger partial charge in [0.05, 0.1) is 9.23 Å². The van der Waals surface area contributed by atoms with Crippen molar-refractivity contribution in [3.63, 3.8) is 0 Å². The summed E-state index contributed by atoms with van der Waals surface area (Å²) in [7, 11) is -7.98. The van der Waals surface area contributed by atoms with Gasteiger partial charge in [-0.05, 0) is 31.2 Å². The lowest BCUT2D eigenvalue weighted by atomic mass is 10.2. The van der Waals surface area contributed by atoms with Crippen molar-refractivity contribution in [2.45, 2.75) is 16.0 Å². The van der Waals surface area contributed by atoms with E-state index in [1.54, 1.807) is 12.1 Å². The van der Waals surface area contributed by atoms with Gasteiger partial charge >= 0.3 is 0 Å². The van der Waals surface area contributed by atoms with E-state index < -0.39 is 20.0 Å². The number of benzene rings is 1. The monoisotopic (exact) mass is 366 g/mol. The molecule has 0 saturated heterocycles. The third-order valence-corrected chi connectivity index (χ3v) is 6.82. The molecule has 0 fully saturated rings. The standard InChI is InChI=1S/C11H11ClN2O4S3/c1-8-2-4-9(5-3-8)20(15,16)13-14-21(17,18)11-7-6-10(12)19-11/h2-7,13-14H,1H3. The highest BCUT2D eigenvalue weighted by Gasteiger charge is 2.21. The molecule has 1 aromatic heterocycles. The second-order valence-electron chi connectivity index (χ2n) is 4.08. The van der Waals surface area contributed by atoms with Crippen LogP contribution in [0.15, 0.2) is 45.5 Å². The van der Waals surface area contributed by atoms with E-state index >= 15 is 0 Å². The molecule has 21 heavy (non-hydrogen) atoms. The van der Waals surface area contributed by atoms with Crippen LogP contribution in [-0.4, -0.2) is 16.8 Å². The van der Waals surface area contributed by atoms with Crippen molar-refractivity contribution in [1.29, 1.82) is 0 Å². The number of hydrogen-bond acceptors (Lipinski definition) is 5. The smallest absolute Gasteiger partial charge is 0.206 e. The molecule has 2 N–H and O–H groups in total. The number of aryl methyl sites for hydroxylation is 1. The molecule has 0 aliphatic rings. The van der Waals surface area contributed by atoms with Crippen LogP contribution >= 0.6 is 22.9 Å². The maximum absolute atomic E-state index is 12.0. The van der Waals surface area contributed by atoms with E-state index in [2.05, 4.69) is 0 Å². The molecule has 2 aromatic rings. The molecule has 0 bridgehead atoms. The second-order valence-corrected chi connectivity index (χ2v) is 9.39. The predicted octanol–water partition coefficient (Wildman–Crippen LogP) is 1.88. The lowest BCUT2D eigenvalue weighted by Gasteiger charge is -2.08. The van der Waals surface area contributed by atoms with E-state index in [0.29, 0.717) is 0 Å². The summed E-state index contributed by atoms with van der Waals surface area (Å²) in [6.07, 6.45) is 0. The van der Waals surface area contributed by atoms with Gasteiger partial charge in [0.2, 0.25) is 0 Å². The van der Waals surface area contributed by atoms with Crippen LogP contribution in [-0.2, 0) is 20.0 Å². The average molecular weight is 367 g/mol. The van der Waals surface area contributed by atoms with Gasteiger partial charge in [-0.25, -0.2) is 16.8 Å². The number of hydrogen-bond donors (Lipinski definition) is 2. The fourth-order valence-corrected chi connectivity index (χ4v) is 4.96. The molecule has 0 spiro atoms. The van der Waals surface area contributed by atoms with E-state index in [-0.39, 0.29) is 13.4 Å². The van der Waals surface area contributed by atoms with Crippen molar-refractivity contribution in [3.8, 4) is 0 Å². The Labute approximate surface area is 131 Å². The minimum Gasteiger partial charge on any atom is -0.206 e. The molecule has 0 aliphatic heterocycles. The van der Waals surface area contributed by atoms with Crippen LogP contribution in [0.5, 0.6) is 0 Å². The van der Waals surface area contributed by atoms with Gasteiger partial charge in [-0.3, -0.25) is 0 Å². The number of hydrazine groups is 1. The predicted molar refractivity (Wildman–Crippen MR) is 81.2 cm³/mol. The number of halogens is 1. The number of nitrogens with one attached hydrogen (secondary N) is 2. The Morgan fingerprint density at radius 3 is 2.00 bits per heavy atom. The van der Waals surface area contributed by atoms with E-state index in [0.717, 1.165) is 16.9 Å². The summed E-state index contributed by atoms with van der Waals surface area (Å²) >= 11 is 6.48. The molecule has 0 unspecified atom stereocenters. The SMILES string of the molecule is Cc1ccc(S(=O)(=O)NNS(=O)(=O)c2ccc(Cl)s2)cc1. The molecule has 0 amide bonds. The molecule has 1 heterocycles. The lowest BCUT2D eigenvalue weighted by Crippen LogP contribution is -2.41. The highest BCUT2D eigenvalue weighted by molar-refractivity contribution is 7.93. The van der Waals surface area contributed by atoms with Crippen LogP contribution < -0.4 is 9.66 Å². The summed E-state index contributed by atoms with van der Waals surface area (Å²) in [5, 5.41) is 0. The van der Waals surface area contributed by atoms with Crippen LogP contribution in [0.25, 0.3) is 0 Å². The summed E-state index contributed by atoms with van der Waals surface area (Å²) in [5.41, 5.74) is 0.891. The van der Waals surface area contributed by atoms with Crippen molar-refractivity contribution in [1.82, 2.24) is 9.66 Å². The molecule has 0 atom stereocenters. The third-order valence-electron chi connectivity index (χ3n) is 2.46. The Bertz CT molecular complexity index is 842. The van der Waals surface area contributed by atoms with Gasteiger partial charge in [-0.2, -0.15) is 0 Å². The van der Waals surface area contributed by atoms with Gasteiger partial charge < -0.3 is 0 Å². The maximum atomic E-state index is 12.0. The Kier molecular flexibility index (Phi) is 4.71. The summed E-state index contributed by atoms with van der Waals surface area (Å²) < 4.78 is 47.9.